The quantitative estimate of drug-likeness (QED) is 0.129. The summed E-state index contributed by atoms with van der Waals surface area (Å²) < 4.78 is 12.6. The number of fused-ring (bicyclic) bond motifs is 2. The number of anilines is 6. The Labute approximate surface area is 394 Å². The zero-order valence-corrected chi connectivity index (χ0v) is 36.9. The lowest BCUT2D eigenvalue weighted by atomic mass is 10.0. The fourth-order valence-electron chi connectivity index (χ4n) is 8.88. The summed E-state index contributed by atoms with van der Waals surface area (Å²) in [6.45, 7) is 0. The van der Waals surface area contributed by atoms with E-state index in [1.165, 1.54) is 0 Å². The number of hydrogen-bond acceptors (Lipinski definition) is 6. The monoisotopic (exact) mass is 874 g/mol. The molecule has 2 aromatic heterocycles. The molecule has 0 N–H and O–H groups in total. The number of aromatic nitrogens is 2. The Bertz CT molecular complexity index is 3380. The van der Waals surface area contributed by atoms with E-state index in [9.17, 15) is 0 Å². The molecule has 0 spiro atoms. The maximum atomic E-state index is 6.31. The molecule has 0 aliphatic heterocycles. The van der Waals surface area contributed by atoms with Crippen molar-refractivity contribution in [2.75, 3.05) is 9.80 Å². The predicted octanol–water partition coefficient (Wildman–Crippen LogP) is 17.2. The van der Waals surface area contributed by atoms with Gasteiger partial charge in [0.05, 0.1) is 0 Å². The van der Waals surface area contributed by atoms with Crippen molar-refractivity contribution in [1.29, 1.82) is 0 Å². The van der Waals surface area contributed by atoms with Crippen LogP contribution in [0.1, 0.15) is 0 Å². The second-order valence-electron chi connectivity index (χ2n) is 16.7. The summed E-state index contributed by atoms with van der Waals surface area (Å²) in [5.41, 5.74) is 18.1. The lowest BCUT2D eigenvalue weighted by molar-refractivity contribution is 0.619. The van der Waals surface area contributed by atoms with E-state index in [0.29, 0.717) is 11.8 Å². The van der Waals surface area contributed by atoms with Crippen LogP contribution in [-0.2, 0) is 0 Å². The topological polar surface area (TPSA) is 58.5 Å². The molecule has 6 heteroatoms. The third kappa shape index (κ3) is 7.97. The first-order chi connectivity index (χ1) is 33.7. The number of oxazole rings is 2. The Kier molecular flexibility index (Phi) is 10.4. The van der Waals surface area contributed by atoms with Crippen molar-refractivity contribution in [1.82, 2.24) is 9.97 Å². The van der Waals surface area contributed by atoms with Gasteiger partial charge in [0.25, 0.3) is 0 Å². The van der Waals surface area contributed by atoms with Crippen LogP contribution in [0.3, 0.4) is 0 Å². The Balaban J connectivity index is 0.794. The van der Waals surface area contributed by atoms with E-state index < -0.39 is 0 Å². The molecule has 68 heavy (non-hydrogen) atoms. The molecule has 0 amide bonds. The molecule has 0 saturated heterocycles. The van der Waals surface area contributed by atoms with Crippen molar-refractivity contribution >= 4 is 56.3 Å². The molecule has 0 unspecified atom stereocenters. The lowest BCUT2D eigenvalue weighted by Gasteiger charge is -2.26. The fourth-order valence-corrected chi connectivity index (χ4v) is 8.88. The zero-order valence-electron chi connectivity index (χ0n) is 36.9. The minimum Gasteiger partial charge on any atom is -0.436 e. The Hall–Kier alpha value is -9.26. The molecule has 0 saturated carbocycles. The predicted molar refractivity (Wildman–Crippen MR) is 278 cm³/mol. The maximum Gasteiger partial charge on any atom is 0.227 e. The van der Waals surface area contributed by atoms with E-state index in [0.717, 1.165) is 101 Å². The van der Waals surface area contributed by atoms with Crippen molar-refractivity contribution < 1.29 is 8.83 Å². The van der Waals surface area contributed by atoms with E-state index in [4.69, 9.17) is 18.8 Å². The van der Waals surface area contributed by atoms with Crippen molar-refractivity contribution in [2.45, 2.75) is 0 Å². The summed E-state index contributed by atoms with van der Waals surface area (Å²) in [5.74, 6) is 1.19. The van der Waals surface area contributed by atoms with Gasteiger partial charge in [-0.05, 0) is 155 Å². The van der Waals surface area contributed by atoms with Crippen molar-refractivity contribution in [3.63, 3.8) is 0 Å². The molecule has 0 atom stereocenters. The van der Waals surface area contributed by atoms with Gasteiger partial charge in [0.1, 0.15) is 11.0 Å². The molecule has 322 valence electrons. The van der Waals surface area contributed by atoms with Crippen LogP contribution in [0.2, 0.25) is 0 Å². The van der Waals surface area contributed by atoms with E-state index in [2.05, 4.69) is 204 Å². The summed E-state index contributed by atoms with van der Waals surface area (Å²) in [4.78, 5) is 14.3. The summed E-state index contributed by atoms with van der Waals surface area (Å²) >= 11 is 0. The highest BCUT2D eigenvalue weighted by molar-refractivity contribution is 5.86. The molecule has 0 aliphatic rings. The van der Waals surface area contributed by atoms with Gasteiger partial charge < -0.3 is 18.6 Å². The van der Waals surface area contributed by atoms with Gasteiger partial charge in [-0.25, -0.2) is 9.97 Å². The van der Waals surface area contributed by atoms with E-state index in [1.54, 1.807) is 0 Å². The van der Waals surface area contributed by atoms with Gasteiger partial charge in [0, 0.05) is 45.3 Å². The van der Waals surface area contributed by atoms with Crippen LogP contribution < -0.4 is 9.80 Å². The van der Waals surface area contributed by atoms with Crippen molar-refractivity contribution in [2.24, 2.45) is 0 Å². The molecule has 2 heterocycles. The molecule has 12 aromatic rings. The first-order valence-corrected chi connectivity index (χ1v) is 22.7. The van der Waals surface area contributed by atoms with Crippen LogP contribution in [-0.4, -0.2) is 9.97 Å². The molecule has 6 nitrogen and oxygen atoms in total. The van der Waals surface area contributed by atoms with Gasteiger partial charge in [-0.1, -0.05) is 133 Å². The molecule has 0 radical (unpaired) electrons. The van der Waals surface area contributed by atoms with Crippen LogP contribution in [0.25, 0.3) is 78.5 Å². The summed E-state index contributed by atoms with van der Waals surface area (Å²) in [6.07, 6.45) is 0. The second kappa shape index (κ2) is 17.6. The highest BCUT2D eigenvalue weighted by atomic mass is 16.4. The van der Waals surface area contributed by atoms with Crippen molar-refractivity contribution in [3.8, 4) is 56.3 Å². The number of nitrogens with zero attached hydrogens (tertiary/aromatic N) is 4. The molecular formula is C62H42N4O2. The van der Waals surface area contributed by atoms with Gasteiger partial charge in [-0.2, -0.15) is 0 Å². The second-order valence-corrected chi connectivity index (χ2v) is 16.7. The maximum absolute atomic E-state index is 6.31. The van der Waals surface area contributed by atoms with E-state index in [-0.39, 0.29) is 0 Å². The van der Waals surface area contributed by atoms with Crippen molar-refractivity contribution in [3.05, 3.63) is 255 Å². The Morgan fingerprint density at radius 2 is 0.559 bits per heavy atom. The van der Waals surface area contributed by atoms with Crippen LogP contribution in [0.5, 0.6) is 0 Å². The van der Waals surface area contributed by atoms with Gasteiger partial charge in [-0.3, -0.25) is 0 Å². The van der Waals surface area contributed by atoms with Crippen LogP contribution in [0.4, 0.5) is 34.1 Å². The minimum atomic E-state index is 0.595. The molecule has 0 aliphatic carbocycles. The fraction of sp³-hybridized carbons (Fsp3) is 0. The molecule has 10 aromatic carbocycles. The highest BCUT2D eigenvalue weighted by Crippen LogP contribution is 2.40. The van der Waals surface area contributed by atoms with Gasteiger partial charge in [0.2, 0.25) is 11.8 Å². The largest absolute Gasteiger partial charge is 0.436 e. The normalized spacial score (nSPS) is 11.2. The van der Waals surface area contributed by atoms with E-state index in [1.807, 2.05) is 60.7 Å². The Morgan fingerprint density at radius 3 is 1.01 bits per heavy atom. The first-order valence-electron chi connectivity index (χ1n) is 22.7. The van der Waals surface area contributed by atoms with Gasteiger partial charge >= 0.3 is 0 Å². The van der Waals surface area contributed by atoms with Gasteiger partial charge in [0.15, 0.2) is 11.2 Å². The third-order valence-corrected chi connectivity index (χ3v) is 12.3. The average Bonchev–Trinajstić information content (AvgIpc) is 4.05. The first kappa shape index (κ1) is 40.3. The van der Waals surface area contributed by atoms with Crippen LogP contribution >= 0.6 is 0 Å². The molecule has 0 fully saturated rings. The minimum absolute atomic E-state index is 0.595. The number of rotatable bonds is 11. The summed E-state index contributed by atoms with van der Waals surface area (Å²) in [6, 6.07) is 88.3. The van der Waals surface area contributed by atoms with Crippen LogP contribution in [0.15, 0.2) is 264 Å². The standard InChI is InChI=1S/C62H42N4O2/c1-5-13-43(14-6-1)49-30-40-59-58(41-49)64-62(67-59)48-27-37-56(38-28-48)66(52-19-11-4-12-20-52)54-33-23-46(24-34-54)45-21-31-53(32-22-45)65(51-17-9-3-10-18-51)55-35-25-47(26-36-55)61-63-57-39-29-50(42-60(57)68-61)44-15-7-2-8-16-44/h1-42H. The Morgan fingerprint density at radius 1 is 0.235 bits per heavy atom. The third-order valence-electron chi connectivity index (χ3n) is 12.3. The zero-order chi connectivity index (χ0) is 45.2. The van der Waals surface area contributed by atoms with E-state index >= 15 is 0 Å². The molecule has 0 bridgehead atoms. The smallest absolute Gasteiger partial charge is 0.227 e. The lowest BCUT2D eigenvalue weighted by Crippen LogP contribution is -2.10. The number of para-hydroxylation sites is 2. The summed E-state index contributed by atoms with van der Waals surface area (Å²) in [5, 5.41) is 0. The van der Waals surface area contributed by atoms with Gasteiger partial charge in [-0.15, -0.1) is 0 Å². The highest BCUT2D eigenvalue weighted by Gasteiger charge is 2.18. The SMILES string of the molecule is c1ccc(-c2ccc3oc(-c4ccc(N(c5ccccc5)c5ccc(-c6ccc(N(c7ccccc7)c7ccc(-c8nc9ccc(-c%10ccccc%10)cc9o8)cc7)cc6)cc5)cc4)nc3c2)cc1. The summed E-state index contributed by atoms with van der Waals surface area (Å²) in [7, 11) is 0. The molecule has 12 rings (SSSR count). The number of benzene rings is 10. The average molecular weight is 875 g/mol. The number of hydrogen-bond donors (Lipinski definition) is 0. The molecular weight excluding hydrogens is 833 g/mol. The van der Waals surface area contributed by atoms with Crippen LogP contribution in [0, 0.1) is 0 Å².